The van der Waals surface area contributed by atoms with Crippen molar-refractivity contribution in [3.05, 3.63) is 59.2 Å². The van der Waals surface area contributed by atoms with Crippen LogP contribution in [0.25, 0.3) is 22.5 Å². The molecular formula is C22H23ClN4O. The Bertz CT molecular complexity index is 1020. The van der Waals surface area contributed by atoms with Gasteiger partial charge < -0.3 is 10.1 Å². The van der Waals surface area contributed by atoms with Gasteiger partial charge in [0.25, 0.3) is 0 Å². The van der Waals surface area contributed by atoms with Crippen molar-refractivity contribution in [2.45, 2.75) is 32.9 Å². The topological polar surface area (TPSA) is 73.7 Å². The van der Waals surface area contributed by atoms with Gasteiger partial charge in [-0.1, -0.05) is 18.2 Å². The summed E-state index contributed by atoms with van der Waals surface area (Å²) >= 11 is 0. The summed E-state index contributed by atoms with van der Waals surface area (Å²) in [6, 6.07) is 16.3. The van der Waals surface area contributed by atoms with Crippen LogP contribution in [0.2, 0.25) is 0 Å². The first kappa shape index (κ1) is 19.9. The number of hydrogen-bond donors (Lipinski definition) is 2. The Labute approximate surface area is 171 Å². The van der Waals surface area contributed by atoms with Gasteiger partial charge in [0, 0.05) is 17.7 Å². The highest BCUT2D eigenvalue weighted by atomic mass is 35.5. The molecule has 2 aromatic carbocycles. The molecule has 1 aliphatic heterocycles. The number of nitrogens with one attached hydrogen (secondary N) is 2. The molecule has 1 aromatic heterocycles. The number of rotatable bonds is 4. The van der Waals surface area contributed by atoms with E-state index in [4.69, 9.17) is 4.74 Å². The first-order valence-electron chi connectivity index (χ1n) is 9.24. The summed E-state index contributed by atoms with van der Waals surface area (Å²) < 4.78 is 5.71. The van der Waals surface area contributed by atoms with E-state index in [1.165, 1.54) is 16.7 Å². The van der Waals surface area contributed by atoms with Crippen LogP contribution in [0.4, 0.5) is 0 Å². The van der Waals surface area contributed by atoms with Crippen LogP contribution in [0.1, 0.15) is 30.5 Å². The van der Waals surface area contributed by atoms with Gasteiger partial charge in [-0.3, -0.25) is 5.10 Å². The number of halogens is 1. The molecule has 28 heavy (non-hydrogen) atoms. The molecule has 0 saturated heterocycles. The Hall–Kier alpha value is -2.81. The quantitative estimate of drug-likeness (QED) is 0.684. The van der Waals surface area contributed by atoms with Crippen LogP contribution in [-0.2, 0) is 13.0 Å². The van der Waals surface area contributed by atoms with Crippen LogP contribution < -0.4 is 10.1 Å². The summed E-state index contributed by atoms with van der Waals surface area (Å²) in [5.41, 5.74) is 7.18. The average Bonchev–Trinajstić information content (AvgIpc) is 3.17. The van der Waals surface area contributed by atoms with Crippen molar-refractivity contribution in [1.29, 1.82) is 5.26 Å². The van der Waals surface area contributed by atoms with Crippen LogP contribution in [0, 0.1) is 11.3 Å². The van der Waals surface area contributed by atoms with Gasteiger partial charge in [0.1, 0.15) is 11.8 Å². The van der Waals surface area contributed by atoms with Gasteiger partial charge in [-0.25, -0.2) is 0 Å². The third-order valence-electron chi connectivity index (χ3n) is 4.77. The largest absolute Gasteiger partial charge is 0.490 e. The zero-order valence-electron chi connectivity index (χ0n) is 16.0. The lowest BCUT2D eigenvalue weighted by Gasteiger charge is -2.19. The fraction of sp³-hybridized carbons (Fsp3) is 0.273. The molecule has 0 unspecified atom stereocenters. The van der Waals surface area contributed by atoms with E-state index in [0.717, 1.165) is 36.5 Å². The van der Waals surface area contributed by atoms with E-state index in [0.29, 0.717) is 11.3 Å². The van der Waals surface area contributed by atoms with Crippen molar-refractivity contribution in [3.8, 4) is 34.3 Å². The summed E-state index contributed by atoms with van der Waals surface area (Å²) in [7, 11) is 0. The van der Waals surface area contributed by atoms with Crippen LogP contribution in [0.15, 0.2) is 42.5 Å². The molecule has 6 heteroatoms. The lowest BCUT2D eigenvalue weighted by atomic mass is 9.93. The summed E-state index contributed by atoms with van der Waals surface area (Å²) in [6.07, 6.45) is 1.04. The van der Waals surface area contributed by atoms with Gasteiger partial charge in [0.2, 0.25) is 0 Å². The second-order valence-electron chi connectivity index (χ2n) is 7.03. The molecule has 2 N–H and O–H groups in total. The average molecular weight is 395 g/mol. The monoisotopic (exact) mass is 394 g/mol. The Morgan fingerprint density at radius 1 is 1.18 bits per heavy atom. The second kappa shape index (κ2) is 8.47. The number of fused-ring (bicyclic) bond motifs is 1. The summed E-state index contributed by atoms with van der Waals surface area (Å²) in [6.45, 7) is 5.80. The molecular weight excluding hydrogens is 372 g/mol. The highest BCUT2D eigenvalue weighted by Gasteiger charge is 2.16. The van der Waals surface area contributed by atoms with Gasteiger partial charge in [0.15, 0.2) is 0 Å². The fourth-order valence-electron chi connectivity index (χ4n) is 3.53. The van der Waals surface area contributed by atoms with Crippen molar-refractivity contribution < 1.29 is 4.74 Å². The van der Waals surface area contributed by atoms with E-state index in [1.54, 1.807) is 0 Å². The minimum Gasteiger partial charge on any atom is -0.490 e. The number of aromatic amines is 1. The Morgan fingerprint density at radius 2 is 2.04 bits per heavy atom. The minimum atomic E-state index is 0. The predicted octanol–water partition coefficient (Wildman–Crippen LogP) is 4.47. The van der Waals surface area contributed by atoms with Gasteiger partial charge in [0.05, 0.1) is 23.1 Å². The van der Waals surface area contributed by atoms with Crippen LogP contribution in [0.3, 0.4) is 0 Å². The standard InChI is InChI=1S/C22H22N4O.ClH/c1-14(2)27-22-7-6-15(10-17(22)12-23)20-11-21(26-25-20)19-5-3-4-16-13-24-9-8-18(16)19;/h3-7,10-11,14,24H,8-9,13H2,1-2H3,(H,25,26);1H. The fourth-order valence-corrected chi connectivity index (χ4v) is 3.53. The molecule has 0 bridgehead atoms. The summed E-state index contributed by atoms with van der Waals surface area (Å²) in [5.74, 6) is 0.608. The van der Waals surface area contributed by atoms with E-state index in [9.17, 15) is 5.26 Å². The van der Waals surface area contributed by atoms with E-state index in [-0.39, 0.29) is 18.5 Å². The Kier molecular flexibility index (Phi) is 6.03. The molecule has 2 heterocycles. The molecule has 0 atom stereocenters. The molecule has 0 aliphatic carbocycles. The minimum absolute atomic E-state index is 0. The lowest BCUT2D eigenvalue weighted by Crippen LogP contribution is -2.24. The zero-order valence-corrected chi connectivity index (χ0v) is 16.8. The molecule has 0 saturated carbocycles. The number of nitrogens with zero attached hydrogens (tertiary/aromatic N) is 2. The molecule has 144 valence electrons. The molecule has 3 aromatic rings. The van der Waals surface area contributed by atoms with Gasteiger partial charge in [-0.05, 0) is 62.2 Å². The van der Waals surface area contributed by atoms with Crippen LogP contribution in [-0.4, -0.2) is 22.8 Å². The van der Waals surface area contributed by atoms with Crippen molar-refractivity contribution in [2.75, 3.05) is 6.54 Å². The molecule has 1 aliphatic rings. The highest BCUT2D eigenvalue weighted by Crippen LogP contribution is 2.31. The number of benzene rings is 2. The number of H-pyrrole nitrogens is 1. The van der Waals surface area contributed by atoms with Gasteiger partial charge in [-0.2, -0.15) is 10.4 Å². The Morgan fingerprint density at radius 3 is 2.82 bits per heavy atom. The maximum atomic E-state index is 9.45. The van der Waals surface area contributed by atoms with E-state index < -0.39 is 0 Å². The van der Waals surface area contributed by atoms with E-state index >= 15 is 0 Å². The molecule has 5 nitrogen and oxygen atoms in total. The number of aromatic nitrogens is 2. The van der Waals surface area contributed by atoms with Crippen molar-refractivity contribution in [2.24, 2.45) is 0 Å². The number of nitriles is 1. The van der Waals surface area contributed by atoms with Gasteiger partial charge in [-0.15, -0.1) is 12.4 Å². The highest BCUT2D eigenvalue weighted by molar-refractivity contribution is 5.85. The van der Waals surface area contributed by atoms with Gasteiger partial charge >= 0.3 is 0 Å². The molecule has 0 spiro atoms. The number of hydrogen-bond acceptors (Lipinski definition) is 4. The van der Waals surface area contributed by atoms with Crippen molar-refractivity contribution >= 4 is 12.4 Å². The molecule has 0 radical (unpaired) electrons. The van der Waals surface area contributed by atoms with Crippen molar-refractivity contribution in [3.63, 3.8) is 0 Å². The maximum Gasteiger partial charge on any atom is 0.137 e. The first-order chi connectivity index (χ1) is 13.2. The first-order valence-corrected chi connectivity index (χ1v) is 9.24. The van der Waals surface area contributed by atoms with Crippen molar-refractivity contribution in [1.82, 2.24) is 15.5 Å². The molecule has 4 rings (SSSR count). The molecule has 0 fully saturated rings. The SMILES string of the molecule is CC(C)Oc1ccc(-c2cc(-c3cccc4c3CCNC4)[nH]n2)cc1C#N.Cl. The third-order valence-corrected chi connectivity index (χ3v) is 4.77. The van der Waals surface area contributed by atoms with Crippen LogP contribution in [0.5, 0.6) is 5.75 Å². The maximum absolute atomic E-state index is 9.45. The molecule has 0 amide bonds. The summed E-state index contributed by atoms with van der Waals surface area (Å²) in [5, 5.41) is 20.5. The van der Waals surface area contributed by atoms with E-state index in [2.05, 4.69) is 45.8 Å². The third kappa shape index (κ3) is 3.89. The normalized spacial score (nSPS) is 12.8. The Balaban J connectivity index is 0.00000225. The predicted molar refractivity (Wildman–Crippen MR) is 113 cm³/mol. The second-order valence-corrected chi connectivity index (χ2v) is 7.03. The van der Waals surface area contributed by atoms with E-state index in [1.807, 2.05) is 32.0 Å². The smallest absolute Gasteiger partial charge is 0.137 e. The number of ether oxygens (including phenoxy) is 1. The zero-order chi connectivity index (χ0) is 18.8. The summed E-state index contributed by atoms with van der Waals surface area (Å²) in [4.78, 5) is 0. The lowest BCUT2D eigenvalue weighted by molar-refractivity contribution is 0.242. The van der Waals surface area contributed by atoms with Crippen LogP contribution >= 0.6 is 12.4 Å².